The first-order valence-electron chi connectivity index (χ1n) is 8.75. The van der Waals surface area contributed by atoms with Crippen LogP contribution >= 0.6 is 0 Å². The molecule has 2 aromatic rings. The molecule has 0 spiro atoms. The molecule has 1 amide bonds. The predicted octanol–water partition coefficient (Wildman–Crippen LogP) is 3.11. The second kappa shape index (κ2) is 6.63. The van der Waals surface area contributed by atoms with Crippen molar-refractivity contribution < 1.29 is 9.53 Å². The molecule has 1 fully saturated rings. The third-order valence-corrected chi connectivity index (χ3v) is 4.95. The Morgan fingerprint density at radius 2 is 2.00 bits per heavy atom. The molecule has 1 aromatic carbocycles. The quantitative estimate of drug-likeness (QED) is 0.872. The van der Waals surface area contributed by atoms with E-state index in [1.165, 1.54) is 5.56 Å². The van der Waals surface area contributed by atoms with Crippen LogP contribution in [0.3, 0.4) is 0 Å². The summed E-state index contributed by atoms with van der Waals surface area (Å²) in [6.07, 6.45) is 5.76. The standard InChI is InChI=1S/C20H22N2O2/c23-20(22-10-3-4-11-22)17-7-5-9-21-18(17)13-15-12-16-6-1-2-8-19(16)24-14-15/h1-2,5-9,15H,3-4,10-14H2. The lowest BCUT2D eigenvalue weighted by atomic mass is 9.91. The summed E-state index contributed by atoms with van der Waals surface area (Å²) in [5, 5.41) is 0. The van der Waals surface area contributed by atoms with Gasteiger partial charge in [0.1, 0.15) is 5.75 Å². The number of benzene rings is 1. The van der Waals surface area contributed by atoms with Crippen molar-refractivity contribution in [2.45, 2.75) is 25.7 Å². The molecule has 0 aliphatic carbocycles. The van der Waals surface area contributed by atoms with Gasteiger partial charge in [-0.25, -0.2) is 0 Å². The summed E-state index contributed by atoms with van der Waals surface area (Å²) in [7, 11) is 0. The molecule has 2 aliphatic heterocycles. The molecule has 1 saturated heterocycles. The van der Waals surface area contributed by atoms with Gasteiger partial charge in [0.2, 0.25) is 0 Å². The monoisotopic (exact) mass is 322 g/mol. The first-order chi connectivity index (χ1) is 11.8. The van der Waals surface area contributed by atoms with Gasteiger partial charge < -0.3 is 9.64 Å². The summed E-state index contributed by atoms with van der Waals surface area (Å²) in [5.41, 5.74) is 2.91. The smallest absolute Gasteiger partial charge is 0.255 e. The molecule has 4 heteroatoms. The minimum Gasteiger partial charge on any atom is -0.493 e. The summed E-state index contributed by atoms with van der Waals surface area (Å²) in [6.45, 7) is 2.42. The van der Waals surface area contributed by atoms with E-state index in [1.807, 2.05) is 35.2 Å². The number of hydrogen-bond acceptors (Lipinski definition) is 3. The van der Waals surface area contributed by atoms with Gasteiger partial charge in [-0.05, 0) is 49.4 Å². The van der Waals surface area contributed by atoms with Gasteiger partial charge in [0.15, 0.2) is 0 Å². The number of pyridine rings is 1. The minimum atomic E-state index is 0.132. The highest BCUT2D eigenvalue weighted by molar-refractivity contribution is 5.95. The van der Waals surface area contributed by atoms with Crippen molar-refractivity contribution in [1.82, 2.24) is 9.88 Å². The Morgan fingerprint density at radius 3 is 2.88 bits per heavy atom. The molecule has 124 valence electrons. The van der Waals surface area contributed by atoms with Crippen LogP contribution in [0.25, 0.3) is 0 Å². The normalized spacial score (nSPS) is 19.7. The lowest BCUT2D eigenvalue weighted by Crippen LogP contribution is -2.30. The van der Waals surface area contributed by atoms with Crippen molar-refractivity contribution in [3.05, 3.63) is 59.4 Å². The van der Waals surface area contributed by atoms with Gasteiger partial charge in [0.25, 0.3) is 5.91 Å². The number of carbonyl (C=O) groups excluding carboxylic acids is 1. The molecule has 1 unspecified atom stereocenters. The molecule has 1 atom stereocenters. The van der Waals surface area contributed by atoms with Crippen LogP contribution in [0.5, 0.6) is 5.75 Å². The van der Waals surface area contributed by atoms with Crippen LogP contribution < -0.4 is 4.74 Å². The van der Waals surface area contributed by atoms with Gasteiger partial charge in [-0.3, -0.25) is 9.78 Å². The number of rotatable bonds is 3. The molecule has 0 bridgehead atoms. The van der Waals surface area contributed by atoms with E-state index < -0.39 is 0 Å². The fourth-order valence-electron chi connectivity index (χ4n) is 3.68. The largest absolute Gasteiger partial charge is 0.493 e. The molecular formula is C20H22N2O2. The summed E-state index contributed by atoms with van der Waals surface area (Å²) in [4.78, 5) is 19.2. The van der Waals surface area contributed by atoms with Crippen molar-refractivity contribution in [3.63, 3.8) is 0 Å². The van der Waals surface area contributed by atoms with E-state index in [9.17, 15) is 4.79 Å². The maximum Gasteiger partial charge on any atom is 0.255 e. The van der Waals surface area contributed by atoms with Gasteiger partial charge in [-0.15, -0.1) is 0 Å². The maximum atomic E-state index is 12.8. The average Bonchev–Trinajstić information content (AvgIpc) is 3.16. The van der Waals surface area contributed by atoms with E-state index in [0.29, 0.717) is 12.5 Å². The van der Waals surface area contributed by atoms with Crippen molar-refractivity contribution in [2.75, 3.05) is 19.7 Å². The van der Waals surface area contributed by atoms with Crippen LogP contribution in [0, 0.1) is 5.92 Å². The first kappa shape index (κ1) is 15.2. The fourth-order valence-corrected chi connectivity index (χ4v) is 3.68. The Labute approximate surface area is 142 Å². The molecule has 3 heterocycles. The number of para-hydroxylation sites is 1. The van der Waals surface area contributed by atoms with Gasteiger partial charge in [-0.1, -0.05) is 18.2 Å². The second-order valence-corrected chi connectivity index (χ2v) is 6.69. The van der Waals surface area contributed by atoms with E-state index >= 15 is 0 Å². The molecular weight excluding hydrogens is 300 g/mol. The van der Waals surface area contributed by atoms with Crippen molar-refractivity contribution in [2.24, 2.45) is 5.92 Å². The van der Waals surface area contributed by atoms with Crippen LogP contribution in [0.15, 0.2) is 42.6 Å². The molecule has 1 aromatic heterocycles. The fraction of sp³-hybridized carbons (Fsp3) is 0.400. The van der Waals surface area contributed by atoms with Crippen molar-refractivity contribution in [1.29, 1.82) is 0 Å². The highest BCUT2D eigenvalue weighted by Crippen LogP contribution is 2.29. The molecule has 0 N–H and O–H groups in total. The van der Waals surface area contributed by atoms with Gasteiger partial charge in [0.05, 0.1) is 17.9 Å². The Kier molecular flexibility index (Phi) is 4.20. The second-order valence-electron chi connectivity index (χ2n) is 6.69. The molecule has 24 heavy (non-hydrogen) atoms. The molecule has 0 saturated carbocycles. The topological polar surface area (TPSA) is 42.4 Å². The van der Waals surface area contributed by atoms with Crippen LogP contribution in [0.4, 0.5) is 0 Å². The number of fused-ring (bicyclic) bond motifs is 1. The van der Waals surface area contributed by atoms with Crippen LogP contribution in [-0.4, -0.2) is 35.5 Å². The summed E-state index contributed by atoms with van der Waals surface area (Å²) in [5.74, 6) is 1.48. The minimum absolute atomic E-state index is 0.132. The Morgan fingerprint density at radius 1 is 1.17 bits per heavy atom. The molecule has 4 nitrogen and oxygen atoms in total. The number of amides is 1. The molecule has 0 radical (unpaired) electrons. The van der Waals surface area contributed by atoms with Gasteiger partial charge in [0, 0.05) is 25.2 Å². The van der Waals surface area contributed by atoms with Crippen LogP contribution in [0.2, 0.25) is 0 Å². The number of carbonyl (C=O) groups is 1. The lowest BCUT2D eigenvalue weighted by molar-refractivity contribution is 0.0790. The van der Waals surface area contributed by atoms with Crippen LogP contribution in [0.1, 0.15) is 34.5 Å². The van der Waals surface area contributed by atoms with E-state index in [0.717, 1.165) is 55.8 Å². The zero-order valence-electron chi connectivity index (χ0n) is 13.8. The number of hydrogen-bond donors (Lipinski definition) is 0. The van der Waals surface area contributed by atoms with E-state index in [-0.39, 0.29) is 5.91 Å². The van der Waals surface area contributed by atoms with E-state index in [2.05, 4.69) is 11.1 Å². The molecule has 4 rings (SSSR count). The number of aromatic nitrogens is 1. The van der Waals surface area contributed by atoms with E-state index in [1.54, 1.807) is 6.20 Å². The third-order valence-electron chi connectivity index (χ3n) is 4.95. The zero-order valence-corrected chi connectivity index (χ0v) is 13.8. The maximum absolute atomic E-state index is 12.8. The summed E-state index contributed by atoms with van der Waals surface area (Å²) < 4.78 is 5.89. The highest BCUT2D eigenvalue weighted by Gasteiger charge is 2.25. The SMILES string of the molecule is O=C(c1cccnc1CC1COc2ccccc2C1)N1CCCC1. The molecule has 2 aliphatic rings. The summed E-state index contributed by atoms with van der Waals surface area (Å²) in [6, 6.07) is 12.0. The Hall–Kier alpha value is -2.36. The number of likely N-dealkylation sites (tertiary alicyclic amines) is 1. The van der Waals surface area contributed by atoms with Crippen molar-refractivity contribution >= 4 is 5.91 Å². The number of nitrogens with zero attached hydrogens (tertiary/aromatic N) is 2. The van der Waals surface area contributed by atoms with Crippen LogP contribution in [-0.2, 0) is 12.8 Å². The Balaban J connectivity index is 1.52. The summed E-state index contributed by atoms with van der Waals surface area (Å²) >= 11 is 0. The zero-order chi connectivity index (χ0) is 16.4. The highest BCUT2D eigenvalue weighted by atomic mass is 16.5. The Bertz CT molecular complexity index is 738. The van der Waals surface area contributed by atoms with Gasteiger partial charge >= 0.3 is 0 Å². The van der Waals surface area contributed by atoms with Crippen molar-refractivity contribution in [3.8, 4) is 5.75 Å². The number of ether oxygens (including phenoxy) is 1. The average molecular weight is 322 g/mol. The predicted molar refractivity (Wildman–Crippen MR) is 92.2 cm³/mol. The first-order valence-corrected chi connectivity index (χ1v) is 8.75. The third kappa shape index (κ3) is 3.01. The lowest BCUT2D eigenvalue weighted by Gasteiger charge is -2.26. The van der Waals surface area contributed by atoms with Gasteiger partial charge in [-0.2, -0.15) is 0 Å². The van der Waals surface area contributed by atoms with E-state index in [4.69, 9.17) is 4.74 Å².